The van der Waals surface area contributed by atoms with Crippen LogP contribution in [0.1, 0.15) is 232 Å². The molecule has 0 spiro atoms. The van der Waals surface area contributed by atoms with E-state index in [0.717, 1.165) is 135 Å². The Morgan fingerprint density at radius 1 is 0.397 bits per heavy atom. The first-order valence-electron chi connectivity index (χ1n) is 30.9. The molecule has 0 bridgehead atoms. The number of phosphoric acid groups is 1. The smallest absolute Gasteiger partial charge is 0.462 e. The van der Waals surface area contributed by atoms with Crippen LogP contribution in [-0.4, -0.2) is 74.9 Å². The summed E-state index contributed by atoms with van der Waals surface area (Å²) >= 11 is 0. The third-order valence-corrected chi connectivity index (χ3v) is 13.7. The molecule has 0 aromatic carbocycles. The number of likely N-dealkylation sites (N-methyl/N-ethyl adjacent to an activating group) is 1. The molecule has 444 valence electrons. The van der Waals surface area contributed by atoms with Gasteiger partial charge in [-0.25, -0.2) is 4.57 Å². The number of hydrogen-bond acceptors (Lipinski definition) is 7. The highest BCUT2D eigenvalue weighted by atomic mass is 31.2. The number of carbonyl (C=O) groups is 2. The number of carbonyl (C=O) groups excluding carboxylic acids is 2. The molecule has 0 aliphatic rings. The topological polar surface area (TPSA) is 108 Å². The van der Waals surface area contributed by atoms with Gasteiger partial charge in [-0.15, -0.1) is 0 Å². The predicted octanol–water partition coefficient (Wildman–Crippen LogP) is 19.7. The van der Waals surface area contributed by atoms with Gasteiger partial charge in [-0.3, -0.25) is 18.6 Å². The molecule has 0 aliphatic heterocycles. The van der Waals surface area contributed by atoms with Gasteiger partial charge >= 0.3 is 19.8 Å². The van der Waals surface area contributed by atoms with Gasteiger partial charge < -0.3 is 18.9 Å². The van der Waals surface area contributed by atoms with Crippen LogP contribution in [0, 0.1) is 0 Å². The first-order valence-corrected chi connectivity index (χ1v) is 32.4. The van der Waals surface area contributed by atoms with Crippen LogP contribution in [0.15, 0.2) is 134 Å². The molecule has 2 atom stereocenters. The highest BCUT2D eigenvalue weighted by molar-refractivity contribution is 7.47. The first-order chi connectivity index (χ1) is 38.0. The highest BCUT2D eigenvalue weighted by Gasteiger charge is 2.27. The number of esters is 2. The summed E-state index contributed by atoms with van der Waals surface area (Å²) in [4.78, 5) is 35.7. The average molecular weight is 1110 g/mol. The van der Waals surface area contributed by atoms with Crippen LogP contribution < -0.4 is 0 Å². The molecule has 2 unspecified atom stereocenters. The van der Waals surface area contributed by atoms with E-state index < -0.39 is 26.5 Å². The van der Waals surface area contributed by atoms with Gasteiger partial charge in [0.05, 0.1) is 27.7 Å². The fourth-order valence-corrected chi connectivity index (χ4v) is 8.73. The summed E-state index contributed by atoms with van der Waals surface area (Å²) < 4.78 is 34.6. The fraction of sp³-hybridized carbons (Fsp3) is 0.647. The lowest BCUT2D eigenvalue weighted by Gasteiger charge is -2.24. The van der Waals surface area contributed by atoms with E-state index in [2.05, 4.69) is 148 Å². The Balaban J connectivity index is 4.13. The number of nitrogens with zero attached hydrogens (tertiary/aromatic N) is 1. The molecular weight excluding hydrogens is 990 g/mol. The predicted molar refractivity (Wildman–Crippen MR) is 334 cm³/mol. The molecule has 0 aromatic rings. The van der Waals surface area contributed by atoms with Crippen LogP contribution in [0.5, 0.6) is 0 Å². The molecule has 0 aliphatic carbocycles. The van der Waals surface area contributed by atoms with E-state index in [1.54, 1.807) is 0 Å². The lowest BCUT2D eigenvalue weighted by molar-refractivity contribution is -0.870. The van der Waals surface area contributed by atoms with Crippen molar-refractivity contribution in [2.24, 2.45) is 0 Å². The normalized spacial score (nSPS) is 14.2. The zero-order valence-corrected chi connectivity index (χ0v) is 51.2. The molecule has 0 fully saturated rings. The summed E-state index contributed by atoms with van der Waals surface area (Å²) in [7, 11) is 1.45. The average Bonchev–Trinajstić information content (AvgIpc) is 3.41. The molecule has 78 heavy (non-hydrogen) atoms. The van der Waals surface area contributed by atoms with Crippen LogP contribution in [0.3, 0.4) is 0 Å². The number of hydrogen-bond donors (Lipinski definition) is 1. The summed E-state index contributed by atoms with van der Waals surface area (Å²) in [6, 6.07) is 0. The molecule has 0 amide bonds. The van der Waals surface area contributed by atoms with Crippen molar-refractivity contribution in [3.63, 3.8) is 0 Å². The highest BCUT2D eigenvalue weighted by Crippen LogP contribution is 2.43. The Labute approximate surface area is 479 Å². The monoisotopic (exact) mass is 1100 g/mol. The van der Waals surface area contributed by atoms with Gasteiger partial charge in [0.25, 0.3) is 0 Å². The van der Waals surface area contributed by atoms with Crippen molar-refractivity contribution in [3.8, 4) is 0 Å². The zero-order chi connectivity index (χ0) is 57.0. The van der Waals surface area contributed by atoms with Gasteiger partial charge in [0.15, 0.2) is 6.10 Å². The Kier molecular flexibility index (Phi) is 55.0. The van der Waals surface area contributed by atoms with Gasteiger partial charge in [-0.05, 0) is 109 Å². The second-order valence-corrected chi connectivity index (χ2v) is 22.8. The van der Waals surface area contributed by atoms with E-state index in [1.807, 2.05) is 21.1 Å². The van der Waals surface area contributed by atoms with Crippen molar-refractivity contribution in [3.05, 3.63) is 134 Å². The third-order valence-electron chi connectivity index (χ3n) is 12.7. The Morgan fingerprint density at radius 2 is 0.692 bits per heavy atom. The number of unbranched alkanes of at least 4 members (excludes halogenated alkanes) is 19. The van der Waals surface area contributed by atoms with Crippen molar-refractivity contribution >= 4 is 19.8 Å². The van der Waals surface area contributed by atoms with Crippen LogP contribution in [0.2, 0.25) is 0 Å². The molecule has 10 heteroatoms. The lowest BCUT2D eigenvalue weighted by atomic mass is 10.0. The van der Waals surface area contributed by atoms with Gasteiger partial charge in [-0.2, -0.15) is 0 Å². The SMILES string of the molecule is CC/C=C\C/C=C\C/C=C\C/C=C\C/C=C\C/C=C\C/C=C\CCCCCCCCCCCCCCCC(=O)OC(COC(=O)CCCCCCCC/C=C\C/C=C\C/C=C\C/C=C\CC)COP(=O)(O)OCC[N+](C)(C)C. The van der Waals surface area contributed by atoms with Gasteiger partial charge in [-0.1, -0.05) is 244 Å². The second-order valence-electron chi connectivity index (χ2n) is 21.3. The molecular formula is C68H115NO8P+. The fourth-order valence-electron chi connectivity index (χ4n) is 7.99. The number of allylic oxidation sites excluding steroid dienone is 22. The molecule has 0 radical (unpaired) electrons. The minimum Gasteiger partial charge on any atom is -0.462 e. The van der Waals surface area contributed by atoms with Crippen LogP contribution in [0.4, 0.5) is 0 Å². The summed E-state index contributed by atoms with van der Waals surface area (Å²) in [6.45, 7) is 4.18. The van der Waals surface area contributed by atoms with E-state index >= 15 is 0 Å². The number of quaternary nitrogens is 1. The standard InChI is InChI=1S/C68H114NO8P/c1-6-8-10-12-14-16-18-20-22-24-26-27-28-29-30-31-32-33-34-35-36-37-38-39-40-41-43-45-47-49-51-53-55-57-59-61-68(71)77-66(65-76-78(72,73)75-63-62-69(3,4)5)64-74-67(70)60-58-56-54-52-50-48-46-44-42-25-23-21-19-17-15-13-11-9-7-2/h8-11,14-17,20-23,26-27,29-30,32-33,35-36,42,44,66H,6-7,12-13,18-19,24-25,28,31,34,37-41,43,45-65H2,1-5H3/p+1/b10-8-,11-9-,16-14-,17-15-,22-20-,23-21-,27-26-,30-29-,33-32-,36-35-,44-42-. The second kappa shape index (κ2) is 57.8. The number of rotatable bonds is 55. The van der Waals surface area contributed by atoms with Crippen LogP contribution >= 0.6 is 7.82 Å². The first kappa shape index (κ1) is 74.2. The minimum atomic E-state index is -4.40. The lowest BCUT2D eigenvalue weighted by Crippen LogP contribution is -2.37. The summed E-state index contributed by atoms with van der Waals surface area (Å²) in [5.74, 6) is -0.821. The van der Waals surface area contributed by atoms with E-state index in [0.29, 0.717) is 17.4 Å². The Hall–Kier alpha value is -3.85. The molecule has 0 aromatic heterocycles. The van der Waals surface area contributed by atoms with E-state index in [-0.39, 0.29) is 32.0 Å². The Bertz CT molecular complexity index is 1780. The van der Waals surface area contributed by atoms with Gasteiger partial charge in [0.1, 0.15) is 19.8 Å². The van der Waals surface area contributed by atoms with Gasteiger partial charge in [0.2, 0.25) is 0 Å². The molecule has 0 rings (SSSR count). The third kappa shape index (κ3) is 61.4. The van der Waals surface area contributed by atoms with Crippen molar-refractivity contribution in [1.29, 1.82) is 0 Å². The molecule has 1 N–H and O–H groups in total. The van der Waals surface area contributed by atoms with Crippen LogP contribution in [-0.2, 0) is 32.7 Å². The largest absolute Gasteiger partial charge is 0.472 e. The van der Waals surface area contributed by atoms with Crippen molar-refractivity contribution in [1.82, 2.24) is 0 Å². The van der Waals surface area contributed by atoms with Gasteiger partial charge in [0, 0.05) is 12.8 Å². The molecule has 0 heterocycles. The van der Waals surface area contributed by atoms with Crippen molar-refractivity contribution in [2.45, 2.75) is 238 Å². The molecule has 0 saturated heterocycles. The van der Waals surface area contributed by atoms with Crippen LogP contribution in [0.25, 0.3) is 0 Å². The summed E-state index contributed by atoms with van der Waals surface area (Å²) in [6.07, 6.45) is 83.8. The van der Waals surface area contributed by atoms with Crippen molar-refractivity contribution < 1.29 is 42.1 Å². The molecule has 0 saturated carbocycles. The van der Waals surface area contributed by atoms with E-state index in [9.17, 15) is 19.0 Å². The minimum absolute atomic E-state index is 0.0226. The maximum absolute atomic E-state index is 12.8. The van der Waals surface area contributed by atoms with Crippen molar-refractivity contribution in [2.75, 3.05) is 47.5 Å². The number of ether oxygens (including phenoxy) is 2. The Morgan fingerprint density at radius 3 is 1.03 bits per heavy atom. The summed E-state index contributed by atoms with van der Waals surface area (Å²) in [5, 5.41) is 0. The molecule has 9 nitrogen and oxygen atoms in total. The van der Waals surface area contributed by atoms with E-state index in [4.69, 9.17) is 18.5 Å². The zero-order valence-electron chi connectivity index (χ0n) is 50.3. The quantitative estimate of drug-likeness (QED) is 0.0211. The number of phosphoric ester groups is 1. The maximum Gasteiger partial charge on any atom is 0.472 e. The maximum atomic E-state index is 12.8. The van der Waals surface area contributed by atoms with E-state index in [1.165, 1.54) is 64.2 Å². The summed E-state index contributed by atoms with van der Waals surface area (Å²) in [5.41, 5.74) is 0.